The first kappa shape index (κ1) is 20.0. The fourth-order valence-corrected chi connectivity index (χ4v) is 4.16. The number of Topliss-reactive ketones (excluding diaryl/α,β-unsaturated/α-hetero) is 1. The van der Waals surface area contributed by atoms with Crippen molar-refractivity contribution in [3.05, 3.63) is 46.3 Å². The van der Waals surface area contributed by atoms with Gasteiger partial charge in [-0.25, -0.2) is 4.79 Å². The Kier molecular flexibility index (Phi) is 5.24. The van der Waals surface area contributed by atoms with Crippen LogP contribution in [0, 0.1) is 5.41 Å². The second kappa shape index (κ2) is 7.34. The largest absolute Gasteiger partial charge is 0.504 e. The first-order valence-corrected chi connectivity index (χ1v) is 9.47. The van der Waals surface area contributed by atoms with E-state index >= 15 is 0 Å². The maximum absolute atomic E-state index is 13.1. The van der Waals surface area contributed by atoms with Crippen LogP contribution in [-0.4, -0.2) is 30.6 Å². The number of esters is 1. The Morgan fingerprint density at radius 3 is 2.68 bits per heavy atom. The van der Waals surface area contributed by atoms with Crippen molar-refractivity contribution in [1.82, 2.24) is 5.32 Å². The minimum Gasteiger partial charge on any atom is -0.504 e. The summed E-state index contributed by atoms with van der Waals surface area (Å²) in [5.74, 6) is -1.00. The molecule has 1 aromatic carbocycles. The second-order valence-corrected chi connectivity index (χ2v) is 8.05. The van der Waals surface area contributed by atoms with Crippen LogP contribution in [0.15, 0.2) is 40.7 Å². The maximum atomic E-state index is 13.1. The minimum absolute atomic E-state index is 0.0275. The number of hydrogen-bond acceptors (Lipinski definition) is 6. The van der Waals surface area contributed by atoms with Gasteiger partial charge < -0.3 is 19.9 Å². The van der Waals surface area contributed by atoms with Crippen molar-refractivity contribution in [2.45, 2.75) is 46.5 Å². The number of rotatable bonds is 4. The maximum Gasteiger partial charge on any atom is 0.336 e. The van der Waals surface area contributed by atoms with Gasteiger partial charge in [0.2, 0.25) is 0 Å². The molecule has 0 fully saturated rings. The molecular formula is C22H27NO5. The number of aromatic hydroxyl groups is 1. The predicted octanol–water partition coefficient (Wildman–Crippen LogP) is 3.57. The van der Waals surface area contributed by atoms with Crippen molar-refractivity contribution in [2.24, 2.45) is 5.41 Å². The number of phenols is 1. The van der Waals surface area contributed by atoms with Gasteiger partial charge >= 0.3 is 5.97 Å². The van der Waals surface area contributed by atoms with Crippen molar-refractivity contribution in [3.8, 4) is 11.5 Å². The fraction of sp³-hybridized carbons (Fsp3) is 0.455. The van der Waals surface area contributed by atoms with Gasteiger partial charge in [0.25, 0.3) is 0 Å². The first-order valence-electron chi connectivity index (χ1n) is 9.47. The van der Waals surface area contributed by atoms with E-state index < -0.39 is 11.9 Å². The van der Waals surface area contributed by atoms with Crippen molar-refractivity contribution < 1.29 is 24.2 Å². The van der Waals surface area contributed by atoms with Gasteiger partial charge in [0.1, 0.15) is 0 Å². The number of allylic oxidation sites excluding steroid dienone is 3. The molecule has 0 saturated carbocycles. The smallest absolute Gasteiger partial charge is 0.336 e. The number of methoxy groups -OCH3 is 1. The Bertz CT molecular complexity index is 894. The van der Waals surface area contributed by atoms with E-state index in [4.69, 9.17) is 9.47 Å². The lowest BCUT2D eigenvalue weighted by Gasteiger charge is -2.39. The zero-order valence-corrected chi connectivity index (χ0v) is 17.0. The molecule has 0 bridgehead atoms. The molecule has 0 spiro atoms. The number of dihydropyridines is 1. The Balaban J connectivity index is 2.24. The molecule has 0 radical (unpaired) electrons. The molecule has 1 aliphatic carbocycles. The second-order valence-electron chi connectivity index (χ2n) is 8.05. The summed E-state index contributed by atoms with van der Waals surface area (Å²) in [4.78, 5) is 25.9. The highest BCUT2D eigenvalue weighted by Crippen LogP contribution is 2.49. The number of nitrogens with one attached hydrogen (secondary N) is 1. The zero-order valence-electron chi connectivity index (χ0n) is 17.0. The average molecular weight is 385 g/mol. The minimum atomic E-state index is -0.700. The SMILES string of the molecule is CCOC(=O)C1=C(C)NC2=C(C(=O)CC(C)(C)C2)C1c1cccc(OC)c1O. The molecule has 0 aromatic heterocycles. The van der Waals surface area contributed by atoms with Crippen LogP contribution < -0.4 is 10.1 Å². The van der Waals surface area contributed by atoms with Crippen LogP contribution in [0.2, 0.25) is 0 Å². The molecule has 6 heteroatoms. The fourth-order valence-electron chi connectivity index (χ4n) is 4.16. The van der Waals surface area contributed by atoms with Crippen molar-refractivity contribution in [1.29, 1.82) is 0 Å². The van der Waals surface area contributed by atoms with Gasteiger partial charge in [-0.1, -0.05) is 26.0 Å². The third kappa shape index (κ3) is 3.39. The first-order chi connectivity index (χ1) is 13.2. The Morgan fingerprint density at radius 1 is 1.32 bits per heavy atom. The van der Waals surface area contributed by atoms with E-state index in [1.165, 1.54) is 7.11 Å². The summed E-state index contributed by atoms with van der Waals surface area (Å²) in [7, 11) is 1.47. The molecule has 0 saturated heterocycles. The summed E-state index contributed by atoms with van der Waals surface area (Å²) in [6.07, 6.45) is 1.06. The summed E-state index contributed by atoms with van der Waals surface area (Å²) < 4.78 is 10.5. The topological polar surface area (TPSA) is 84.9 Å². The highest BCUT2D eigenvalue weighted by atomic mass is 16.5. The summed E-state index contributed by atoms with van der Waals surface area (Å²) in [6.45, 7) is 7.86. The lowest BCUT2D eigenvalue weighted by molar-refractivity contribution is -0.138. The van der Waals surface area contributed by atoms with E-state index in [-0.39, 0.29) is 23.6 Å². The van der Waals surface area contributed by atoms with E-state index in [0.717, 1.165) is 5.70 Å². The number of carbonyl (C=O) groups excluding carboxylic acids is 2. The number of carbonyl (C=O) groups is 2. The molecule has 0 amide bonds. The van der Waals surface area contributed by atoms with E-state index in [1.807, 2.05) is 13.8 Å². The molecule has 28 heavy (non-hydrogen) atoms. The number of benzene rings is 1. The molecule has 1 heterocycles. The molecule has 1 aromatic rings. The summed E-state index contributed by atoms with van der Waals surface area (Å²) in [5.41, 5.74) is 2.59. The van der Waals surface area contributed by atoms with Gasteiger partial charge in [-0.3, -0.25) is 4.79 Å². The molecule has 2 aliphatic rings. The van der Waals surface area contributed by atoms with Gasteiger partial charge in [0, 0.05) is 29.0 Å². The molecule has 2 N–H and O–H groups in total. The zero-order chi connectivity index (χ0) is 20.6. The normalized spacial score (nSPS) is 21.2. The Labute approximate surface area is 165 Å². The Morgan fingerprint density at radius 2 is 2.04 bits per heavy atom. The molecule has 150 valence electrons. The van der Waals surface area contributed by atoms with Gasteiger partial charge in [-0.05, 0) is 31.7 Å². The van der Waals surface area contributed by atoms with Gasteiger partial charge in [-0.15, -0.1) is 0 Å². The molecule has 6 nitrogen and oxygen atoms in total. The molecule has 1 unspecified atom stereocenters. The highest BCUT2D eigenvalue weighted by Gasteiger charge is 2.44. The highest BCUT2D eigenvalue weighted by molar-refractivity contribution is 6.04. The van der Waals surface area contributed by atoms with Crippen LogP contribution in [0.1, 0.15) is 52.0 Å². The third-order valence-corrected chi connectivity index (χ3v) is 5.30. The monoisotopic (exact) mass is 385 g/mol. The quantitative estimate of drug-likeness (QED) is 0.771. The Hall–Kier alpha value is -2.76. The van der Waals surface area contributed by atoms with Crippen molar-refractivity contribution >= 4 is 11.8 Å². The number of para-hydroxylation sites is 1. The standard InChI is InChI=1S/C22H27NO5/c1-6-28-21(26)17-12(2)23-14-10-22(3,4)11-15(24)19(14)18(17)13-8-7-9-16(27-5)20(13)25/h7-9,18,23,25H,6,10-11H2,1-5H3. The van der Waals surface area contributed by atoms with Crippen LogP contribution in [0.5, 0.6) is 11.5 Å². The van der Waals surface area contributed by atoms with E-state index in [9.17, 15) is 14.7 Å². The number of phenolic OH excluding ortho intramolecular Hbond substituents is 1. The van der Waals surface area contributed by atoms with Crippen LogP contribution in [0.4, 0.5) is 0 Å². The van der Waals surface area contributed by atoms with Crippen molar-refractivity contribution in [2.75, 3.05) is 13.7 Å². The summed E-state index contributed by atoms with van der Waals surface area (Å²) in [5, 5.41) is 14.0. The number of ketones is 1. The van der Waals surface area contributed by atoms with E-state index in [1.54, 1.807) is 32.0 Å². The van der Waals surface area contributed by atoms with Crippen LogP contribution in [0.3, 0.4) is 0 Å². The van der Waals surface area contributed by atoms with E-state index in [2.05, 4.69) is 5.32 Å². The predicted molar refractivity (Wildman–Crippen MR) is 105 cm³/mol. The average Bonchev–Trinajstić information content (AvgIpc) is 2.59. The van der Waals surface area contributed by atoms with Gasteiger partial charge in [-0.2, -0.15) is 0 Å². The van der Waals surface area contributed by atoms with Crippen molar-refractivity contribution in [3.63, 3.8) is 0 Å². The van der Waals surface area contributed by atoms with Gasteiger partial charge in [0.05, 0.1) is 25.2 Å². The van der Waals surface area contributed by atoms with E-state index in [0.29, 0.717) is 41.0 Å². The molecule has 3 rings (SSSR count). The molecule has 1 atom stereocenters. The number of hydrogen-bond donors (Lipinski definition) is 2. The van der Waals surface area contributed by atoms with Gasteiger partial charge in [0.15, 0.2) is 17.3 Å². The van der Waals surface area contributed by atoms with Crippen LogP contribution in [0.25, 0.3) is 0 Å². The summed E-state index contributed by atoms with van der Waals surface area (Å²) in [6, 6.07) is 5.10. The number of ether oxygens (including phenoxy) is 2. The third-order valence-electron chi connectivity index (χ3n) is 5.30. The molecule has 1 aliphatic heterocycles. The van der Waals surface area contributed by atoms with Crippen LogP contribution >= 0.6 is 0 Å². The lowest BCUT2D eigenvalue weighted by atomic mass is 9.68. The van der Waals surface area contributed by atoms with Crippen LogP contribution in [-0.2, 0) is 14.3 Å². The summed E-state index contributed by atoms with van der Waals surface area (Å²) >= 11 is 0. The molecular weight excluding hydrogens is 358 g/mol. The lowest BCUT2D eigenvalue weighted by Crippen LogP contribution is -2.38.